The van der Waals surface area contributed by atoms with Crippen molar-refractivity contribution in [3.05, 3.63) is 29.8 Å². The number of aromatic nitrogens is 1. The molecule has 1 heterocycles. The number of rotatable bonds is 5. The molecule has 1 unspecified atom stereocenters. The molecule has 0 amide bonds. The Morgan fingerprint density at radius 3 is 2.60 bits per heavy atom. The van der Waals surface area contributed by atoms with Crippen molar-refractivity contribution < 1.29 is 4.39 Å². The van der Waals surface area contributed by atoms with Crippen molar-refractivity contribution in [2.75, 3.05) is 7.05 Å². The first-order valence-electron chi connectivity index (χ1n) is 5.39. The maximum absolute atomic E-state index is 12.6. The van der Waals surface area contributed by atoms with E-state index in [2.05, 4.69) is 24.1 Å². The van der Waals surface area contributed by atoms with Crippen LogP contribution in [0.5, 0.6) is 0 Å². The fourth-order valence-corrected chi connectivity index (χ4v) is 1.65. The summed E-state index contributed by atoms with van der Waals surface area (Å²) in [6, 6.07) is 3.63. The summed E-state index contributed by atoms with van der Waals surface area (Å²) in [5, 5.41) is 3.26. The Morgan fingerprint density at radius 1 is 1.40 bits per heavy atom. The van der Waals surface area contributed by atoms with Gasteiger partial charge < -0.3 is 5.32 Å². The van der Waals surface area contributed by atoms with E-state index in [1.54, 1.807) is 6.07 Å². The van der Waals surface area contributed by atoms with Crippen molar-refractivity contribution in [1.82, 2.24) is 10.3 Å². The Bertz CT molecular complexity index is 282. The van der Waals surface area contributed by atoms with Crippen molar-refractivity contribution in [2.45, 2.75) is 32.7 Å². The summed E-state index contributed by atoms with van der Waals surface area (Å²) < 4.78 is 12.6. The molecule has 0 fully saturated rings. The van der Waals surface area contributed by atoms with Crippen LogP contribution in [0.25, 0.3) is 0 Å². The van der Waals surface area contributed by atoms with Gasteiger partial charge >= 0.3 is 0 Å². The third-order valence-electron chi connectivity index (χ3n) is 2.41. The van der Waals surface area contributed by atoms with Crippen LogP contribution in [0.1, 0.15) is 26.0 Å². The minimum Gasteiger partial charge on any atom is -0.317 e. The van der Waals surface area contributed by atoms with Crippen LogP contribution in [-0.4, -0.2) is 18.1 Å². The van der Waals surface area contributed by atoms with Crippen molar-refractivity contribution in [1.29, 1.82) is 0 Å². The zero-order valence-corrected chi connectivity index (χ0v) is 9.63. The van der Waals surface area contributed by atoms with Gasteiger partial charge in [-0.2, -0.15) is 0 Å². The van der Waals surface area contributed by atoms with E-state index in [0.717, 1.165) is 18.5 Å². The molecule has 0 spiro atoms. The number of halogens is 1. The lowest BCUT2D eigenvalue weighted by Gasteiger charge is -2.17. The third-order valence-corrected chi connectivity index (χ3v) is 2.41. The van der Waals surface area contributed by atoms with Crippen LogP contribution in [0.2, 0.25) is 0 Å². The number of hydrogen-bond donors (Lipinski definition) is 1. The van der Waals surface area contributed by atoms with Gasteiger partial charge in [0, 0.05) is 18.2 Å². The van der Waals surface area contributed by atoms with Gasteiger partial charge in [-0.1, -0.05) is 13.8 Å². The monoisotopic (exact) mass is 210 g/mol. The quantitative estimate of drug-likeness (QED) is 0.807. The molecule has 2 nitrogen and oxygen atoms in total. The summed E-state index contributed by atoms with van der Waals surface area (Å²) >= 11 is 0. The molecule has 1 rings (SSSR count). The normalized spacial score (nSPS) is 13.1. The summed E-state index contributed by atoms with van der Waals surface area (Å²) in [6.45, 7) is 4.39. The molecular weight excluding hydrogens is 191 g/mol. The zero-order chi connectivity index (χ0) is 11.3. The number of pyridine rings is 1. The summed E-state index contributed by atoms with van der Waals surface area (Å²) in [5.41, 5.74) is 0.941. The van der Waals surface area contributed by atoms with Gasteiger partial charge in [-0.05, 0) is 31.5 Å². The van der Waals surface area contributed by atoms with Gasteiger partial charge in [0.2, 0.25) is 0 Å². The zero-order valence-electron chi connectivity index (χ0n) is 9.63. The van der Waals surface area contributed by atoms with Crippen molar-refractivity contribution in [2.24, 2.45) is 5.92 Å². The number of likely N-dealkylation sites (N-methyl/N-ethyl adjacent to an activating group) is 1. The number of nitrogens with zero attached hydrogens (tertiary/aromatic N) is 1. The summed E-state index contributed by atoms with van der Waals surface area (Å²) in [6.07, 6.45) is 3.24. The van der Waals surface area contributed by atoms with Crippen LogP contribution >= 0.6 is 0 Å². The number of nitrogens with one attached hydrogen (secondary N) is 1. The molecule has 0 aliphatic carbocycles. The Morgan fingerprint density at radius 2 is 2.13 bits per heavy atom. The molecule has 1 N–H and O–H groups in total. The van der Waals surface area contributed by atoms with Crippen molar-refractivity contribution in [3.63, 3.8) is 0 Å². The fourth-order valence-electron chi connectivity index (χ4n) is 1.65. The van der Waals surface area contributed by atoms with E-state index in [0.29, 0.717) is 12.0 Å². The highest BCUT2D eigenvalue weighted by Gasteiger charge is 2.10. The van der Waals surface area contributed by atoms with Gasteiger partial charge in [0.05, 0.1) is 6.20 Å². The molecule has 0 aliphatic rings. The maximum atomic E-state index is 12.6. The average Bonchev–Trinajstić information content (AvgIpc) is 2.19. The van der Waals surface area contributed by atoms with Gasteiger partial charge in [0.25, 0.3) is 0 Å². The molecule has 1 aromatic rings. The molecule has 0 bridgehead atoms. The van der Waals surface area contributed by atoms with Crippen LogP contribution in [0.3, 0.4) is 0 Å². The molecule has 15 heavy (non-hydrogen) atoms. The lowest BCUT2D eigenvalue weighted by molar-refractivity contribution is 0.438. The van der Waals surface area contributed by atoms with Crippen LogP contribution in [0.4, 0.5) is 4.39 Å². The Balaban J connectivity index is 2.54. The predicted molar refractivity (Wildman–Crippen MR) is 60.2 cm³/mol. The topological polar surface area (TPSA) is 24.9 Å². The van der Waals surface area contributed by atoms with E-state index in [1.807, 2.05) is 7.05 Å². The molecule has 84 valence electrons. The largest absolute Gasteiger partial charge is 0.317 e. The van der Waals surface area contributed by atoms with Gasteiger partial charge in [-0.25, -0.2) is 4.39 Å². The SMILES string of the molecule is CNC(Cc1ccc(F)cn1)CC(C)C. The molecule has 1 aromatic heterocycles. The standard InChI is InChI=1S/C12H19FN2/c1-9(2)6-12(14-3)7-11-5-4-10(13)8-15-11/h4-5,8-9,12,14H,6-7H2,1-3H3. The predicted octanol–water partition coefficient (Wildman–Crippen LogP) is 2.40. The fraction of sp³-hybridized carbons (Fsp3) is 0.583. The highest BCUT2D eigenvalue weighted by molar-refractivity contribution is 5.06. The van der Waals surface area contributed by atoms with Crippen LogP contribution in [-0.2, 0) is 6.42 Å². The first-order chi connectivity index (χ1) is 7.11. The smallest absolute Gasteiger partial charge is 0.141 e. The van der Waals surface area contributed by atoms with Crippen molar-refractivity contribution in [3.8, 4) is 0 Å². The molecule has 0 saturated heterocycles. The third kappa shape index (κ3) is 4.38. The van der Waals surface area contributed by atoms with E-state index < -0.39 is 0 Å². The molecule has 0 aliphatic heterocycles. The van der Waals surface area contributed by atoms with Gasteiger partial charge in [-0.3, -0.25) is 4.98 Å². The molecule has 3 heteroatoms. The summed E-state index contributed by atoms with van der Waals surface area (Å²) in [4.78, 5) is 4.06. The Hall–Kier alpha value is -0.960. The maximum Gasteiger partial charge on any atom is 0.141 e. The Labute approximate surface area is 90.9 Å². The second-order valence-electron chi connectivity index (χ2n) is 4.29. The van der Waals surface area contributed by atoms with Crippen LogP contribution < -0.4 is 5.32 Å². The first kappa shape index (κ1) is 12.1. The second kappa shape index (κ2) is 5.81. The molecule has 0 radical (unpaired) electrons. The van der Waals surface area contributed by atoms with E-state index >= 15 is 0 Å². The van der Waals surface area contributed by atoms with Crippen molar-refractivity contribution >= 4 is 0 Å². The second-order valence-corrected chi connectivity index (χ2v) is 4.29. The van der Waals surface area contributed by atoms with E-state index in [4.69, 9.17) is 0 Å². The highest BCUT2D eigenvalue weighted by atomic mass is 19.1. The first-order valence-corrected chi connectivity index (χ1v) is 5.39. The molecule has 1 atom stereocenters. The lowest BCUT2D eigenvalue weighted by Crippen LogP contribution is -2.29. The lowest BCUT2D eigenvalue weighted by atomic mass is 10.00. The van der Waals surface area contributed by atoms with E-state index in [1.165, 1.54) is 12.3 Å². The summed E-state index contributed by atoms with van der Waals surface area (Å²) in [7, 11) is 1.95. The number of hydrogen-bond acceptors (Lipinski definition) is 2. The van der Waals surface area contributed by atoms with E-state index in [9.17, 15) is 4.39 Å². The van der Waals surface area contributed by atoms with E-state index in [-0.39, 0.29) is 5.82 Å². The van der Waals surface area contributed by atoms with Crippen LogP contribution in [0.15, 0.2) is 18.3 Å². The van der Waals surface area contributed by atoms with Gasteiger partial charge in [-0.15, -0.1) is 0 Å². The minimum atomic E-state index is -0.274. The minimum absolute atomic E-state index is 0.274. The average molecular weight is 210 g/mol. The molecule has 0 saturated carbocycles. The summed E-state index contributed by atoms with van der Waals surface area (Å²) in [5.74, 6) is 0.381. The molecular formula is C12H19FN2. The van der Waals surface area contributed by atoms with Crippen LogP contribution in [0, 0.1) is 11.7 Å². The molecule has 0 aromatic carbocycles. The van der Waals surface area contributed by atoms with Gasteiger partial charge in [0.15, 0.2) is 0 Å². The van der Waals surface area contributed by atoms with Gasteiger partial charge in [0.1, 0.15) is 5.82 Å². The Kier molecular flexibility index (Phi) is 4.69. The highest BCUT2D eigenvalue weighted by Crippen LogP contribution is 2.09.